The Bertz CT molecular complexity index is 626. The molecule has 5 nitrogen and oxygen atoms in total. The number of benzene rings is 1. The van der Waals surface area contributed by atoms with Crippen molar-refractivity contribution in [3.05, 3.63) is 28.6 Å². The van der Waals surface area contributed by atoms with Crippen LogP contribution in [0.15, 0.2) is 23.0 Å². The van der Waals surface area contributed by atoms with Crippen LogP contribution >= 0.6 is 11.8 Å². The second-order valence-corrected chi connectivity index (χ2v) is 5.66. The van der Waals surface area contributed by atoms with E-state index in [0.29, 0.717) is 22.5 Å². The Morgan fingerprint density at radius 1 is 1.35 bits per heavy atom. The number of fused-ring (bicyclic) bond motifs is 1. The molecule has 4 N–H and O–H groups in total. The Labute approximate surface area is 122 Å². The van der Waals surface area contributed by atoms with Gasteiger partial charge < -0.3 is 11.1 Å². The number of nitrogens with zero attached hydrogens (tertiary/aromatic N) is 1. The fourth-order valence-electron chi connectivity index (χ4n) is 1.99. The number of hydrogen-bond acceptors (Lipinski definition) is 5. The van der Waals surface area contributed by atoms with E-state index in [4.69, 9.17) is 5.73 Å². The average molecular weight is 292 g/mol. The highest BCUT2D eigenvalue weighted by atomic mass is 32.2. The molecule has 6 heteroatoms. The summed E-state index contributed by atoms with van der Waals surface area (Å²) in [6.45, 7) is 0.817. The van der Waals surface area contributed by atoms with E-state index in [2.05, 4.69) is 21.5 Å². The molecule has 0 fully saturated rings. The number of nitrogen functional groups attached to an aromatic ring is 1. The number of nitrogens with two attached hydrogens (primary N) is 1. The van der Waals surface area contributed by atoms with Gasteiger partial charge in [0.15, 0.2) is 0 Å². The van der Waals surface area contributed by atoms with E-state index in [9.17, 15) is 4.79 Å². The molecule has 0 amide bonds. The molecule has 1 heterocycles. The lowest BCUT2D eigenvalue weighted by molar-refractivity contribution is 0.746. The van der Waals surface area contributed by atoms with Gasteiger partial charge in [-0.3, -0.25) is 9.78 Å². The Morgan fingerprint density at radius 2 is 2.20 bits per heavy atom. The molecule has 2 aromatic rings. The predicted molar refractivity (Wildman–Crippen MR) is 87.5 cm³/mol. The predicted octanol–water partition coefficient (Wildman–Crippen LogP) is 2.45. The summed E-state index contributed by atoms with van der Waals surface area (Å²) in [6.07, 6.45) is 5.60. The van der Waals surface area contributed by atoms with Gasteiger partial charge in [-0.05, 0) is 43.0 Å². The second-order valence-electron chi connectivity index (χ2n) is 4.67. The van der Waals surface area contributed by atoms with Crippen LogP contribution in [0.2, 0.25) is 0 Å². The molecule has 0 aliphatic carbocycles. The van der Waals surface area contributed by atoms with Gasteiger partial charge in [-0.1, -0.05) is 6.42 Å². The Kier molecular flexibility index (Phi) is 5.29. The Hall–Kier alpha value is -1.69. The summed E-state index contributed by atoms with van der Waals surface area (Å²) in [7, 11) is 0. The lowest BCUT2D eigenvalue weighted by Crippen LogP contribution is -2.14. The van der Waals surface area contributed by atoms with Crippen molar-refractivity contribution in [2.45, 2.75) is 19.3 Å². The largest absolute Gasteiger partial charge is 0.399 e. The van der Waals surface area contributed by atoms with Crippen LogP contribution in [-0.4, -0.2) is 28.5 Å². The molecule has 1 aromatic carbocycles. The fraction of sp³-hybridized carbons (Fsp3) is 0.429. The van der Waals surface area contributed by atoms with E-state index in [1.807, 2.05) is 11.8 Å². The van der Waals surface area contributed by atoms with Crippen LogP contribution in [0.3, 0.4) is 0 Å². The summed E-state index contributed by atoms with van der Waals surface area (Å²) < 4.78 is 0. The zero-order chi connectivity index (χ0) is 14.4. The molecule has 0 aliphatic heterocycles. The van der Waals surface area contributed by atoms with Crippen LogP contribution in [0.5, 0.6) is 0 Å². The molecule has 2 rings (SSSR count). The van der Waals surface area contributed by atoms with Crippen molar-refractivity contribution in [2.24, 2.45) is 0 Å². The average Bonchev–Trinajstić information content (AvgIpc) is 2.43. The van der Waals surface area contributed by atoms with Crippen molar-refractivity contribution in [3.63, 3.8) is 0 Å². The molecule has 0 unspecified atom stereocenters. The first-order valence-corrected chi connectivity index (χ1v) is 8.12. The van der Waals surface area contributed by atoms with Crippen molar-refractivity contribution in [1.29, 1.82) is 0 Å². The molecule has 0 aliphatic rings. The van der Waals surface area contributed by atoms with E-state index in [1.54, 1.807) is 18.2 Å². The third kappa shape index (κ3) is 3.90. The van der Waals surface area contributed by atoms with E-state index in [1.165, 1.54) is 18.6 Å². The Morgan fingerprint density at radius 3 is 3.00 bits per heavy atom. The minimum Gasteiger partial charge on any atom is -0.399 e. The first-order chi connectivity index (χ1) is 9.70. The summed E-state index contributed by atoms with van der Waals surface area (Å²) in [4.78, 5) is 19.1. The molecule has 1 aromatic heterocycles. The van der Waals surface area contributed by atoms with Gasteiger partial charge in [0.2, 0.25) is 5.95 Å². The van der Waals surface area contributed by atoms with Gasteiger partial charge in [0.25, 0.3) is 5.56 Å². The highest BCUT2D eigenvalue weighted by Gasteiger charge is 2.03. The van der Waals surface area contributed by atoms with Gasteiger partial charge in [-0.15, -0.1) is 0 Å². The number of aromatic nitrogens is 2. The molecule has 0 bridgehead atoms. The smallest absolute Gasteiger partial charge is 0.260 e. The minimum absolute atomic E-state index is 0.160. The summed E-state index contributed by atoms with van der Waals surface area (Å²) in [5.74, 6) is 1.73. The molecule has 0 spiro atoms. The van der Waals surface area contributed by atoms with Crippen molar-refractivity contribution in [1.82, 2.24) is 9.97 Å². The maximum atomic E-state index is 11.9. The normalized spacial score (nSPS) is 10.8. The number of anilines is 2. The molecule has 0 saturated heterocycles. The number of hydrogen-bond donors (Lipinski definition) is 3. The van der Waals surface area contributed by atoms with Crippen molar-refractivity contribution < 1.29 is 0 Å². The lowest BCUT2D eigenvalue weighted by atomic mass is 10.2. The molecule has 0 saturated carbocycles. The number of nitrogens with one attached hydrogen (secondary N) is 2. The molecule has 20 heavy (non-hydrogen) atoms. The number of thioether (sulfide) groups is 1. The van der Waals surface area contributed by atoms with E-state index >= 15 is 0 Å². The summed E-state index contributed by atoms with van der Waals surface area (Å²) in [6, 6.07) is 5.16. The van der Waals surface area contributed by atoms with Gasteiger partial charge >= 0.3 is 0 Å². The van der Waals surface area contributed by atoms with E-state index in [-0.39, 0.29) is 5.56 Å². The molecule has 0 atom stereocenters. The van der Waals surface area contributed by atoms with Gasteiger partial charge in [0.05, 0.1) is 10.9 Å². The van der Waals surface area contributed by atoms with Crippen molar-refractivity contribution >= 4 is 34.3 Å². The fourth-order valence-corrected chi connectivity index (χ4v) is 2.49. The summed E-state index contributed by atoms with van der Waals surface area (Å²) >= 11 is 1.87. The third-order valence-electron chi connectivity index (χ3n) is 3.05. The summed E-state index contributed by atoms with van der Waals surface area (Å²) in [5, 5.41) is 3.69. The molecule has 0 radical (unpaired) electrons. The van der Waals surface area contributed by atoms with Crippen molar-refractivity contribution in [2.75, 3.05) is 29.6 Å². The molecular formula is C14H20N4OS. The maximum Gasteiger partial charge on any atom is 0.260 e. The van der Waals surface area contributed by atoms with Gasteiger partial charge in [0, 0.05) is 12.2 Å². The number of H-pyrrole nitrogens is 1. The Balaban J connectivity index is 1.98. The monoisotopic (exact) mass is 292 g/mol. The van der Waals surface area contributed by atoms with Gasteiger partial charge in [-0.25, -0.2) is 4.98 Å². The minimum atomic E-state index is -0.160. The number of unbranched alkanes of at least 4 members (excludes halogenated alkanes) is 2. The SMILES string of the molecule is CSCCCCCNc1nc2ccc(N)cc2c(=O)[nH]1. The highest BCUT2D eigenvalue weighted by Crippen LogP contribution is 2.12. The van der Waals surface area contributed by atoms with Gasteiger partial charge in [0.1, 0.15) is 0 Å². The standard InChI is InChI=1S/C14H20N4OS/c1-20-8-4-2-3-7-16-14-17-12-6-5-10(15)9-11(12)13(19)18-14/h5-6,9H,2-4,7-8,15H2,1H3,(H2,16,17,18,19). The second kappa shape index (κ2) is 7.19. The van der Waals surface area contributed by atoms with E-state index < -0.39 is 0 Å². The van der Waals surface area contributed by atoms with Gasteiger partial charge in [-0.2, -0.15) is 11.8 Å². The highest BCUT2D eigenvalue weighted by molar-refractivity contribution is 7.98. The van der Waals surface area contributed by atoms with Crippen LogP contribution in [-0.2, 0) is 0 Å². The lowest BCUT2D eigenvalue weighted by Gasteiger charge is -2.06. The quantitative estimate of drug-likeness (QED) is 0.539. The summed E-state index contributed by atoms with van der Waals surface area (Å²) in [5.41, 5.74) is 6.74. The molecular weight excluding hydrogens is 272 g/mol. The third-order valence-corrected chi connectivity index (χ3v) is 3.74. The van der Waals surface area contributed by atoms with Crippen molar-refractivity contribution in [3.8, 4) is 0 Å². The molecule has 108 valence electrons. The van der Waals surface area contributed by atoms with E-state index in [0.717, 1.165) is 13.0 Å². The zero-order valence-electron chi connectivity index (χ0n) is 11.6. The van der Waals surface area contributed by atoms with Crippen LogP contribution in [0.1, 0.15) is 19.3 Å². The maximum absolute atomic E-state index is 11.9. The zero-order valence-corrected chi connectivity index (χ0v) is 12.4. The number of rotatable bonds is 7. The van der Waals surface area contributed by atoms with Crippen LogP contribution in [0.25, 0.3) is 10.9 Å². The number of aromatic amines is 1. The van der Waals surface area contributed by atoms with Crippen LogP contribution in [0.4, 0.5) is 11.6 Å². The first kappa shape index (κ1) is 14.7. The van der Waals surface area contributed by atoms with Crippen LogP contribution < -0.4 is 16.6 Å². The van der Waals surface area contributed by atoms with Crippen LogP contribution in [0, 0.1) is 0 Å². The topological polar surface area (TPSA) is 83.8 Å². The first-order valence-electron chi connectivity index (χ1n) is 6.73.